The van der Waals surface area contributed by atoms with Gasteiger partial charge in [-0.05, 0) is 13.0 Å². The fourth-order valence-corrected chi connectivity index (χ4v) is 3.74. The van der Waals surface area contributed by atoms with Gasteiger partial charge < -0.3 is 19.7 Å². The third kappa shape index (κ3) is 4.85. The van der Waals surface area contributed by atoms with Crippen molar-refractivity contribution in [2.75, 3.05) is 19.0 Å². The minimum atomic E-state index is -1.36. The summed E-state index contributed by atoms with van der Waals surface area (Å²) in [4.78, 5) is 36.4. The van der Waals surface area contributed by atoms with Crippen LogP contribution in [0.3, 0.4) is 0 Å². The van der Waals surface area contributed by atoms with Gasteiger partial charge in [0.25, 0.3) is 5.91 Å². The Hall–Kier alpha value is -3.14. The monoisotopic (exact) mass is 478 g/mol. The number of carboxylic acid groups (broad SMARTS) is 1. The number of carbonyl (C=O) groups excluding carboxylic acids is 1. The number of nitrogens with zero attached hydrogens (tertiary/aromatic N) is 3. The summed E-state index contributed by atoms with van der Waals surface area (Å²) in [6, 6.07) is 7.69. The fraction of sp³-hybridized carbons (Fsp3) is 0.238. The highest BCUT2D eigenvalue weighted by Crippen LogP contribution is 2.35. The van der Waals surface area contributed by atoms with E-state index in [2.05, 4.69) is 10.4 Å². The highest BCUT2D eigenvalue weighted by atomic mass is 35.5. The van der Waals surface area contributed by atoms with Crippen LogP contribution in [0.15, 0.2) is 41.3 Å². The number of nitrogens with one attached hydrogen (secondary N) is 1. The number of hydrogen-bond donors (Lipinski definition) is 2. The second-order valence-electron chi connectivity index (χ2n) is 6.75. The summed E-state index contributed by atoms with van der Waals surface area (Å²) in [6.45, 7) is 2.21. The zero-order valence-electron chi connectivity index (χ0n) is 17.3. The summed E-state index contributed by atoms with van der Waals surface area (Å²) >= 11 is 12.5. The fourth-order valence-electron chi connectivity index (χ4n) is 3.35. The molecule has 168 valence electrons. The SMILES string of the molecule is CCn1c(Cn2ccc(NC(=O)COC)n2)cc(=O)c(C(=O)O)c1-c1cccc(Cl)c1Cl. The Labute approximate surface area is 193 Å². The minimum absolute atomic E-state index is 0.108. The molecule has 0 aliphatic carbocycles. The van der Waals surface area contributed by atoms with Gasteiger partial charge in [-0.25, -0.2) is 4.79 Å². The van der Waals surface area contributed by atoms with Crippen molar-refractivity contribution in [2.45, 2.75) is 20.0 Å². The van der Waals surface area contributed by atoms with Gasteiger partial charge in [-0.15, -0.1) is 0 Å². The van der Waals surface area contributed by atoms with Gasteiger partial charge in [0.05, 0.1) is 22.3 Å². The van der Waals surface area contributed by atoms with E-state index in [0.29, 0.717) is 23.6 Å². The normalized spacial score (nSPS) is 10.9. The lowest BCUT2D eigenvalue weighted by Gasteiger charge is -2.20. The highest BCUT2D eigenvalue weighted by Gasteiger charge is 2.24. The second-order valence-corrected chi connectivity index (χ2v) is 7.54. The van der Waals surface area contributed by atoms with Gasteiger partial charge in [-0.1, -0.05) is 35.3 Å². The number of amides is 1. The molecule has 0 radical (unpaired) electrons. The average molecular weight is 479 g/mol. The molecule has 2 heterocycles. The molecule has 0 aliphatic heterocycles. The van der Waals surface area contributed by atoms with E-state index in [1.807, 2.05) is 6.92 Å². The van der Waals surface area contributed by atoms with Crippen molar-refractivity contribution < 1.29 is 19.4 Å². The van der Waals surface area contributed by atoms with Crippen LogP contribution in [-0.2, 0) is 22.6 Å². The quantitative estimate of drug-likeness (QED) is 0.512. The maximum atomic E-state index is 12.8. The Morgan fingerprint density at radius 3 is 2.66 bits per heavy atom. The molecule has 2 aromatic heterocycles. The molecule has 2 N–H and O–H groups in total. The van der Waals surface area contributed by atoms with Crippen LogP contribution in [0.5, 0.6) is 0 Å². The van der Waals surface area contributed by atoms with Crippen molar-refractivity contribution in [3.8, 4) is 11.3 Å². The molecule has 0 fully saturated rings. The number of carboxylic acids is 1. The summed E-state index contributed by atoms with van der Waals surface area (Å²) in [7, 11) is 1.41. The molecule has 0 bridgehead atoms. The van der Waals surface area contributed by atoms with Gasteiger partial charge >= 0.3 is 5.97 Å². The zero-order valence-corrected chi connectivity index (χ0v) is 18.8. The number of hydrogen-bond acceptors (Lipinski definition) is 5. The topological polar surface area (TPSA) is 115 Å². The molecular weight excluding hydrogens is 459 g/mol. The molecule has 32 heavy (non-hydrogen) atoms. The van der Waals surface area contributed by atoms with Crippen molar-refractivity contribution in [3.63, 3.8) is 0 Å². The molecule has 0 unspecified atom stereocenters. The zero-order chi connectivity index (χ0) is 23.4. The molecule has 1 amide bonds. The van der Waals surface area contributed by atoms with Gasteiger partial charge in [0.1, 0.15) is 12.2 Å². The first-order valence-electron chi connectivity index (χ1n) is 9.53. The minimum Gasteiger partial charge on any atom is -0.477 e. The van der Waals surface area contributed by atoms with E-state index >= 15 is 0 Å². The molecule has 0 saturated carbocycles. The number of ether oxygens (including phenoxy) is 1. The van der Waals surface area contributed by atoms with Crippen LogP contribution in [0.4, 0.5) is 5.82 Å². The molecule has 0 spiro atoms. The predicted octanol–water partition coefficient (Wildman–Crippen LogP) is 3.37. The smallest absolute Gasteiger partial charge is 0.341 e. The first-order valence-corrected chi connectivity index (χ1v) is 10.3. The summed E-state index contributed by atoms with van der Waals surface area (Å²) in [5.74, 6) is -1.40. The predicted molar refractivity (Wildman–Crippen MR) is 121 cm³/mol. The average Bonchev–Trinajstić information content (AvgIpc) is 3.16. The van der Waals surface area contributed by atoms with E-state index in [1.165, 1.54) is 17.9 Å². The van der Waals surface area contributed by atoms with Gasteiger partial charge in [0.2, 0.25) is 0 Å². The summed E-state index contributed by atoms with van der Waals surface area (Å²) in [6.07, 6.45) is 1.63. The molecule has 0 saturated heterocycles. The highest BCUT2D eigenvalue weighted by molar-refractivity contribution is 6.43. The van der Waals surface area contributed by atoms with Gasteiger partial charge in [0.15, 0.2) is 11.2 Å². The molecule has 0 aliphatic rings. The van der Waals surface area contributed by atoms with E-state index in [4.69, 9.17) is 27.9 Å². The Morgan fingerprint density at radius 2 is 2.00 bits per heavy atom. The number of halogens is 2. The Balaban J connectivity index is 2.11. The maximum absolute atomic E-state index is 12.8. The van der Waals surface area contributed by atoms with Crippen molar-refractivity contribution in [2.24, 2.45) is 0 Å². The summed E-state index contributed by atoms with van der Waals surface area (Å²) in [5, 5.41) is 17.0. The Kier molecular flexibility index (Phi) is 7.34. The number of carbonyl (C=O) groups is 2. The number of aromatic nitrogens is 3. The number of aromatic carboxylic acids is 1. The molecule has 11 heteroatoms. The third-order valence-corrected chi connectivity index (χ3v) is 5.46. The van der Waals surface area contributed by atoms with Crippen LogP contribution in [0.2, 0.25) is 10.0 Å². The van der Waals surface area contributed by atoms with Crippen LogP contribution < -0.4 is 10.7 Å². The summed E-state index contributed by atoms with van der Waals surface area (Å²) in [5.41, 5.74) is -0.0516. The van der Waals surface area contributed by atoms with Crippen molar-refractivity contribution in [3.05, 3.63) is 68.1 Å². The van der Waals surface area contributed by atoms with Gasteiger partial charge in [-0.3, -0.25) is 14.3 Å². The first-order chi connectivity index (χ1) is 15.3. The van der Waals surface area contributed by atoms with Crippen molar-refractivity contribution >= 4 is 40.9 Å². The van der Waals surface area contributed by atoms with E-state index in [-0.39, 0.29) is 34.8 Å². The van der Waals surface area contributed by atoms with Gasteiger partial charge in [0, 0.05) is 43.2 Å². The molecule has 0 atom stereocenters. The largest absolute Gasteiger partial charge is 0.477 e. The Bertz CT molecular complexity index is 1240. The number of anilines is 1. The lowest BCUT2D eigenvalue weighted by atomic mass is 10.0. The summed E-state index contributed by atoms with van der Waals surface area (Å²) < 4.78 is 7.98. The standard InChI is InChI=1S/C21H20Cl2N4O5/c1-3-27-12(10-26-8-7-16(25-26)24-17(29)11-32-2)9-15(28)18(21(30)31)20(27)13-5-4-6-14(22)19(13)23/h4-9H,3,10-11H2,1-2H3,(H,30,31)(H,24,25,29). The number of pyridine rings is 1. The number of benzene rings is 1. The Morgan fingerprint density at radius 1 is 1.25 bits per heavy atom. The van der Waals surface area contributed by atoms with Gasteiger partial charge in [-0.2, -0.15) is 5.10 Å². The van der Waals surface area contributed by atoms with Crippen molar-refractivity contribution in [1.82, 2.24) is 14.3 Å². The number of methoxy groups -OCH3 is 1. The third-order valence-electron chi connectivity index (χ3n) is 4.64. The molecular formula is C21H20Cl2N4O5. The van der Waals surface area contributed by atoms with E-state index in [1.54, 1.807) is 35.0 Å². The van der Waals surface area contributed by atoms with E-state index in [0.717, 1.165) is 0 Å². The lowest BCUT2D eigenvalue weighted by Crippen LogP contribution is -2.24. The molecule has 3 aromatic rings. The van der Waals surface area contributed by atoms with Crippen LogP contribution in [0.1, 0.15) is 23.0 Å². The van der Waals surface area contributed by atoms with Crippen molar-refractivity contribution in [1.29, 1.82) is 0 Å². The molecule has 1 aromatic carbocycles. The van der Waals surface area contributed by atoms with Crippen LogP contribution >= 0.6 is 23.2 Å². The van der Waals surface area contributed by atoms with Crippen LogP contribution in [0.25, 0.3) is 11.3 Å². The van der Waals surface area contributed by atoms with Crippen LogP contribution in [0, 0.1) is 0 Å². The number of rotatable bonds is 8. The maximum Gasteiger partial charge on any atom is 0.341 e. The first kappa shape index (κ1) is 23.5. The second kappa shape index (κ2) is 9.99. The molecule has 9 nitrogen and oxygen atoms in total. The van der Waals surface area contributed by atoms with E-state index in [9.17, 15) is 19.5 Å². The lowest BCUT2D eigenvalue weighted by molar-refractivity contribution is -0.119. The molecule has 3 rings (SSSR count). The van der Waals surface area contributed by atoms with Crippen LogP contribution in [-0.4, -0.2) is 45.0 Å². The van der Waals surface area contributed by atoms with E-state index < -0.39 is 17.0 Å².